The quantitative estimate of drug-likeness (QED) is 0.866. The van der Waals surface area contributed by atoms with Gasteiger partial charge in [0.05, 0.1) is 18.6 Å². The lowest BCUT2D eigenvalue weighted by Crippen LogP contribution is -2.18. The number of hydrogen-bond donors (Lipinski definition) is 1. The molecule has 0 aromatic carbocycles. The normalized spacial score (nSPS) is 13.4. The fraction of sp³-hybridized carbons (Fsp3) is 0.667. The van der Waals surface area contributed by atoms with Gasteiger partial charge in [-0.2, -0.15) is 18.4 Å². The minimum atomic E-state index is -4.60. The molecule has 0 spiro atoms. The molecule has 0 fully saturated rings. The molecule has 0 amide bonds. The number of aliphatic hydroxyl groups is 1. The predicted molar refractivity (Wildman–Crippen MR) is 50.6 cm³/mol. The van der Waals surface area contributed by atoms with Crippen LogP contribution in [-0.2, 0) is 19.1 Å². The Labute approximate surface area is 95.5 Å². The average Bonchev–Trinajstić information content (AvgIpc) is 2.58. The van der Waals surface area contributed by atoms with Gasteiger partial charge in [0.1, 0.15) is 5.69 Å². The summed E-state index contributed by atoms with van der Waals surface area (Å²) < 4.78 is 38.8. The summed E-state index contributed by atoms with van der Waals surface area (Å²) in [6, 6.07) is 1.61. The Morgan fingerprint density at radius 1 is 1.53 bits per heavy atom. The fourth-order valence-electron chi connectivity index (χ4n) is 1.32. The second-order valence-electron chi connectivity index (χ2n) is 3.58. The third-order valence-corrected chi connectivity index (χ3v) is 2.08. The molecule has 0 saturated carbocycles. The lowest BCUT2D eigenvalue weighted by atomic mass is 10.2. The van der Waals surface area contributed by atoms with Crippen LogP contribution in [0.4, 0.5) is 13.2 Å². The Morgan fingerprint density at radius 2 is 2.18 bits per heavy atom. The van der Waals surface area contributed by atoms with Gasteiger partial charge in [0.2, 0.25) is 0 Å². The number of halogens is 3. The highest BCUT2D eigenvalue weighted by Gasteiger charge is 2.39. The first-order valence-electron chi connectivity index (χ1n) is 4.90. The van der Waals surface area contributed by atoms with Crippen LogP contribution in [0.1, 0.15) is 24.7 Å². The highest BCUT2D eigenvalue weighted by atomic mass is 19.4. The maximum atomic E-state index is 12.7. The minimum Gasteiger partial charge on any atom is -0.393 e. The van der Waals surface area contributed by atoms with E-state index in [0.717, 1.165) is 0 Å². The van der Waals surface area contributed by atoms with Crippen LogP contribution < -0.4 is 0 Å². The maximum absolute atomic E-state index is 12.7. The first kappa shape index (κ1) is 13.4. The van der Waals surface area contributed by atoms with E-state index in [4.69, 9.17) is 10.4 Å². The molecule has 94 valence electrons. The van der Waals surface area contributed by atoms with E-state index in [-0.39, 0.29) is 18.7 Å². The second kappa shape index (κ2) is 5.14. The van der Waals surface area contributed by atoms with Crippen molar-refractivity contribution >= 4 is 0 Å². The third-order valence-electron chi connectivity index (χ3n) is 2.08. The van der Waals surface area contributed by atoms with Gasteiger partial charge in [-0.05, 0) is 13.3 Å². The topological polar surface area (TPSA) is 74.7 Å². The highest BCUT2D eigenvalue weighted by molar-refractivity contribution is 5.17. The Bertz CT molecular complexity index is 419. The van der Waals surface area contributed by atoms with Gasteiger partial charge in [-0.1, -0.05) is 5.21 Å². The standard InChI is InChI=1S/C9H11F3N4O/c1-6(17)3-5-16-8(9(10,11)12)7(2-4-13)14-15-16/h6,17H,2-3,5H2,1H3. The van der Waals surface area contributed by atoms with E-state index in [2.05, 4.69) is 10.3 Å². The van der Waals surface area contributed by atoms with Crippen LogP contribution >= 0.6 is 0 Å². The molecule has 0 bridgehead atoms. The molecule has 0 saturated heterocycles. The molecule has 0 aliphatic heterocycles. The van der Waals surface area contributed by atoms with Crippen molar-refractivity contribution in [1.29, 1.82) is 5.26 Å². The van der Waals surface area contributed by atoms with Crippen LogP contribution in [0.3, 0.4) is 0 Å². The first-order valence-corrected chi connectivity index (χ1v) is 4.90. The Kier molecular flexibility index (Phi) is 4.07. The predicted octanol–water partition coefficient (Wildman–Crippen LogP) is 1.13. The Hall–Kier alpha value is -1.62. The third kappa shape index (κ3) is 3.42. The second-order valence-corrected chi connectivity index (χ2v) is 3.58. The van der Waals surface area contributed by atoms with Crippen molar-refractivity contribution in [2.75, 3.05) is 0 Å². The van der Waals surface area contributed by atoms with Gasteiger partial charge in [0, 0.05) is 6.54 Å². The zero-order valence-electron chi connectivity index (χ0n) is 9.07. The van der Waals surface area contributed by atoms with Gasteiger partial charge >= 0.3 is 6.18 Å². The lowest BCUT2D eigenvalue weighted by Gasteiger charge is -2.11. The molecule has 1 N–H and O–H groups in total. The van der Waals surface area contributed by atoms with Gasteiger partial charge < -0.3 is 5.11 Å². The summed E-state index contributed by atoms with van der Waals surface area (Å²) in [4.78, 5) is 0. The van der Waals surface area contributed by atoms with Crippen molar-refractivity contribution in [3.8, 4) is 6.07 Å². The van der Waals surface area contributed by atoms with Crippen molar-refractivity contribution < 1.29 is 18.3 Å². The van der Waals surface area contributed by atoms with Crippen molar-refractivity contribution in [2.24, 2.45) is 0 Å². The van der Waals surface area contributed by atoms with Gasteiger partial charge in [-0.15, -0.1) is 5.10 Å². The Balaban J connectivity index is 3.02. The summed E-state index contributed by atoms with van der Waals surface area (Å²) in [5.41, 5.74) is -1.40. The molecule has 0 aliphatic carbocycles. The molecule has 1 aromatic rings. The summed E-state index contributed by atoms with van der Waals surface area (Å²) in [7, 11) is 0. The number of aryl methyl sites for hydroxylation is 1. The number of nitrogens with zero attached hydrogens (tertiary/aromatic N) is 4. The zero-order valence-corrected chi connectivity index (χ0v) is 9.07. The van der Waals surface area contributed by atoms with Crippen molar-refractivity contribution in [1.82, 2.24) is 15.0 Å². The molecular formula is C9H11F3N4O. The van der Waals surface area contributed by atoms with Crippen molar-refractivity contribution in [2.45, 2.75) is 38.6 Å². The Morgan fingerprint density at radius 3 is 2.65 bits per heavy atom. The average molecular weight is 248 g/mol. The van der Waals surface area contributed by atoms with Crippen LogP contribution in [0.2, 0.25) is 0 Å². The summed E-state index contributed by atoms with van der Waals surface area (Å²) >= 11 is 0. The number of nitriles is 1. The van der Waals surface area contributed by atoms with Crippen LogP contribution in [-0.4, -0.2) is 26.2 Å². The number of aliphatic hydroxyl groups excluding tert-OH is 1. The van der Waals surface area contributed by atoms with Gasteiger partial charge in [-0.3, -0.25) is 0 Å². The summed E-state index contributed by atoms with van der Waals surface area (Å²) in [5, 5.41) is 24.1. The van der Waals surface area contributed by atoms with Gasteiger partial charge in [-0.25, -0.2) is 4.68 Å². The summed E-state index contributed by atoms with van der Waals surface area (Å²) in [5.74, 6) is 0. The van der Waals surface area contributed by atoms with E-state index in [1.54, 1.807) is 6.07 Å². The van der Waals surface area contributed by atoms with Gasteiger partial charge in [0.25, 0.3) is 0 Å². The number of alkyl halides is 3. The smallest absolute Gasteiger partial charge is 0.393 e. The van der Waals surface area contributed by atoms with E-state index in [1.807, 2.05) is 0 Å². The molecule has 0 radical (unpaired) electrons. The van der Waals surface area contributed by atoms with Crippen LogP contribution in [0.15, 0.2) is 0 Å². The SMILES string of the molecule is CC(O)CCn1nnc(CC#N)c1C(F)(F)F. The molecule has 1 heterocycles. The number of aromatic nitrogens is 3. The van der Waals surface area contributed by atoms with Crippen LogP contribution in [0, 0.1) is 11.3 Å². The first-order chi connectivity index (χ1) is 7.86. The van der Waals surface area contributed by atoms with E-state index < -0.39 is 24.4 Å². The van der Waals surface area contributed by atoms with Crippen molar-refractivity contribution in [3.05, 3.63) is 11.4 Å². The number of rotatable bonds is 4. The number of hydrogen-bond acceptors (Lipinski definition) is 4. The molecular weight excluding hydrogens is 237 g/mol. The largest absolute Gasteiger partial charge is 0.434 e. The maximum Gasteiger partial charge on any atom is 0.434 e. The molecule has 5 nitrogen and oxygen atoms in total. The highest BCUT2D eigenvalue weighted by Crippen LogP contribution is 2.31. The zero-order chi connectivity index (χ0) is 13.1. The van der Waals surface area contributed by atoms with Crippen molar-refractivity contribution in [3.63, 3.8) is 0 Å². The fourth-order valence-corrected chi connectivity index (χ4v) is 1.32. The molecule has 1 unspecified atom stereocenters. The summed E-state index contributed by atoms with van der Waals surface area (Å²) in [6.45, 7) is 1.38. The minimum absolute atomic E-state index is 0.0923. The van der Waals surface area contributed by atoms with E-state index in [0.29, 0.717) is 4.68 Å². The van der Waals surface area contributed by atoms with Crippen LogP contribution in [0.25, 0.3) is 0 Å². The molecule has 1 rings (SSSR count). The molecule has 1 atom stereocenters. The monoisotopic (exact) mass is 248 g/mol. The van der Waals surface area contributed by atoms with Crippen LogP contribution in [0.5, 0.6) is 0 Å². The van der Waals surface area contributed by atoms with E-state index in [9.17, 15) is 13.2 Å². The molecule has 0 aliphatic rings. The summed E-state index contributed by atoms with van der Waals surface area (Å²) in [6.07, 6.45) is -5.63. The lowest BCUT2D eigenvalue weighted by molar-refractivity contribution is -0.145. The molecule has 17 heavy (non-hydrogen) atoms. The van der Waals surface area contributed by atoms with Gasteiger partial charge in [0.15, 0.2) is 5.69 Å². The molecule has 8 heteroatoms. The van der Waals surface area contributed by atoms with E-state index >= 15 is 0 Å². The van der Waals surface area contributed by atoms with E-state index in [1.165, 1.54) is 6.92 Å². The molecule has 1 aromatic heterocycles.